The molecule has 0 saturated heterocycles. The Morgan fingerprint density at radius 3 is 2.33 bits per heavy atom. The molecule has 1 aliphatic carbocycles. The van der Waals surface area contributed by atoms with Crippen molar-refractivity contribution in [3.05, 3.63) is 70.2 Å². The summed E-state index contributed by atoms with van der Waals surface area (Å²) < 4.78 is 0.838. The maximum absolute atomic E-state index is 12.3. The Labute approximate surface area is 133 Å². The number of hydrogen-bond donors (Lipinski definition) is 1. The van der Waals surface area contributed by atoms with E-state index in [9.17, 15) is 4.79 Å². The van der Waals surface area contributed by atoms with Crippen molar-refractivity contribution < 1.29 is 4.79 Å². The predicted octanol–water partition coefficient (Wildman–Crippen LogP) is 4.30. The van der Waals surface area contributed by atoms with Crippen LogP contribution in [0.3, 0.4) is 0 Å². The monoisotopic (exact) mass is 343 g/mol. The van der Waals surface area contributed by atoms with E-state index in [0.29, 0.717) is 12.1 Å². The number of rotatable bonds is 4. The fraction of sp³-hybridized carbons (Fsp3) is 0.278. The molecule has 3 rings (SSSR count). The van der Waals surface area contributed by atoms with Crippen molar-refractivity contribution in [1.29, 1.82) is 0 Å². The van der Waals surface area contributed by atoms with Gasteiger partial charge in [0.15, 0.2) is 0 Å². The molecular weight excluding hydrogens is 326 g/mol. The minimum absolute atomic E-state index is 0.00955. The summed E-state index contributed by atoms with van der Waals surface area (Å²) in [6.45, 7) is 0.706. The molecule has 1 N–H and O–H groups in total. The molecule has 2 aromatic rings. The summed E-state index contributed by atoms with van der Waals surface area (Å²) in [4.78, 5) is 12.3. The molecule has 21 heavy (non-hydrogen) atoms. The number of hydrogen-bond acceptors (Lipinski definition) is 1. The van der Waals surface area contributed by atoms with Crippen LogP contribution >= 0.6 is 15.9 Å². The Kier molecular flexibility index (Phi) is 4.11. The highest BCUT2D eigenvalue weighted by molar-refractivity contribution is 9.10. The van der Waals surface area contributed by atoms with Crippen LogP contribution in [0.15, 0.2) is 59.1 Å². The highest BCUT2D eigenvalue weighted by Crippen LogP contribution is 2.43. The van der Waals surface area contributed by atoms with E-state index < -0.39 is 0 Å². The van der Waals surface area contributed by atoms with Crippen LogP contribution in [0.25, 0.3) is 0 Å². The first kappa shape index (κ1) is 14.3. The van der Waals surface area contributed by atoms with E-state index in [4.69, 9.17) is 0 Å². The van der Waals surface area contributed by atoms with Crippen molar-refractivity contribution >= 4 is 21.8 Å². The van der Waals surface area contributed by atoms with Crippen molar-refractivity contribution in [2.45, 2.75) is 24.7 Å². The summed E-state index contributed by atoms with van der Waals surface area (Å²) in [6, 6.07) is 18.1. The van der Waals surface area contributed by atoms with Crippen LogP contribution in [0.5, 0.6) is 0 Å². The lowest BCUT2D eigenvalue weighted by Gasteiger charge is -2.42. The van der Waals surface area contributed by atoms with Gasteiger partial charge in [0.2, 0.25) is 0 Å². The molecule has 0 atom stereocenters. The van der Waals surface area contributed by atoms with Gasteiger partial charge in [-0.15, -0.1) is 0 Å². The highest BCUT2D eigenvalue weighted by atomic mass is 79.9. The van der Waals surface area contributed by atoms with Crippen LogP contribution in [-0.2, 0) is 5.41 Å². The Morgan fingerprint density at radius 2 is 1.71 bits per heavy atom. The van der Waals surface area contributed by atoms with Crippen LogP contribution in [0.1, 0.15) is 35.2 Å². The van der Waals surface area contributed by atoms with Crippen LogP contribution in [0.2, 0.25) is 0 Å². The highest BCUT2D eigenvalue weighted by Gasteiger charge is 2.38. The van der Waals surface area contributed by atoms with E-state index in [1.807, 2.05) is 30.3 Å². The van der Waals surface area contributed by atoms with Crippen LogP contribution in [-0.4, -0.2) is 12.5 Å². The molecule has 0 heterocycles. The Hall–Kier alpha value is -1.61. The van der Waals surface area contributed by atoms with Gasteiger partial charge >= 0.3 is 0 Å². The number of benzene rings is 2. The first-order valence-electron chi connectivity index (χ1n) is 7.30. The van der Waals surface area contributed by atoms with Crippen LogP contribution in [0.4, 0.5) is 0 Å². The van der Waals surface area contributed by atoms with Gasteiger partial charge in [-0.25, -0.2) is 0 Å². The predicted molar refractivity (Wildman–Crippen MR) is 88.4 cm³/mol. The number of carbonyl (C=O) groups excluding carboxylic acids is 1. The number of nitrogens with one attached hydrogen (secondary N) is 1. The summed E-state index contributed by atoms with van der Waals surface area (Å²) in [5.41, 5.74) is 2.15. The molecule has 0 unspecified atom stereocenters. The third-order valence-corrected chi connectivity index (χ3v) is 5.09. The van der Waals surface area contributed by atoms with Crippen LogP contribution < -0.4 is 5.32 Å². The number of amides is 1. The topological polar surface area (TPSA) is 29.1 Å². The molecule has 1 saturated carbocycles. The van der Waals surface area contributed by atoms with E-state index in [1.165, 1.54) is 12.0 Å². The average molecular weight is 344 g/mol. The maximum Gasteiger partial charge on any atom is 0.252 e. The molecule has 0 aromatic heterocycles. The summed E-state index contributed by atoms with van der Waals surface area (Å²) >= 11 is 3.43. The van der Waals surface area contributed by atoms with Gasteiger partial charge in [-0.1, -0.05) is 48.9 Å². The lowest BCUT2D eigenvalue weighted by atomic mass is 9.64. The van der Waals surface area contributed by atoms with Gasteiger partial charge in [0.1, 0.15) is 0 Å². The molecular formula is C18H18BrNO. The zero-order valence-electron chi connectivity index (χ0n) is 11.8. The lowest BCUT2D eigenvalue weighted by Crippen LogP contribution is -2.45. The van der Waals surface area contributed by atoms with Crippen molar-refractivity contribution in [1.82, 2.24) is 5.32 Å². The Morgan fingerprint density at radius 1 is 1.05 bits per heavy atom. The van der Waals surface area contributed by atoms with Gasteiger partial charge in [0.05, 0.1) is 5.56 Å². The molecule has 2 nitrogen and oxygen atoms in total. The largest absolute Gasteiger partial charge is 0.351 e. The molecule has 0 radical (unpaired) electrons. The van der Waals surface area contributed by atoms with Gasteiger partial charge < -0.3 is 5.32 Å². The minimum Gasteiger partial charge on any atom is -0.351 e. The molecule has 108 valence electrons. The van der Waals surface area contributed by atoms with Gasteiger partial charge in [-0.05, 0) is 46.5 Å². The summed E-state index contributed by atoms with van der Waals surface area (Å²) in [5.74, 6) is -0.00955. The molecule has 3 heteroatoms. The molecule has 1 aliphatic rings. The summed E-state index contributed by atoms with van der Waals surface area (Å²) in [5, 5.41) is 3.11. The average Bonchev–Trinajstić information content (AvgIpc) is 2.47. The molecule has 0 aliphatic heterocycles. The number of carbonyl (C=O) groups is 1. The second-order valence-electron chi connectivity index (χ2n) is 5.66. The standard InChI is InChI=1S/C18H18BrNO/c19-16-10-5-4-9-15(16)17(21)20-13-18(11-6-12-18)14-7-2-1-3-8-14/h1-5,7-10H,6,11-13H2,(H,20,21). The fourth-order valence-corrected chi connectivity index (χ4v) is 3.42. The number of halogens is 1. The zero-order valence-corrected chi connectivity index (χ0v) is 13.4. The molecule has 1 amide bonds. The normalized spacial score (nSPS) is 16.0. The van der Waals surface area contributed by atoms with E-state index >= 15 is 0 Å². The van der Waals surface area contributed by atoms with Crippen molar-refractivity contribution in [2.24, 2.45) is 0 Å². The van der Waals surface area contributed by atoms with E-state index in [0.717, 1.165) is 17.3 Å². The van der Waals surface area contributed by atoms with Gasteiger partial charge in [0.25, 0.3) is 5.91 Å². The van der Waals surface area contributed by atoms with Crippen LogP contribution in [0, 0.1) is 0 Å². The molecule has 2 aromatic carbocycles. The van der Waals surface area contributed by atoms with Crippen molar-refractivity contribution in [3.63, 3.8) is 0 Å². The molecule has 0 spiro atoms. The quantitative estimate of drug-likeness (QED) is 0.880. The van der Waals surface area contributed by atoms with Gasteiger partial charge in [-0.2, -0.15) is 0 Å². The Balaban J connectivity index is 1.72. The summed E-state index contributed by atoms with van der Waals surface area (Å²) in [6.07, 6.45) is 3.53. The first-order chi connectivity index (χ1) is 10.2. The molecule has 1 fully saturated rings. The van der Waals surface area contributed by atoms with Gasteiger partial charge in [-0.3, -0.25) is 4.79 Å². The fourth-order valence-electron chi connectivity index (χ4n) is 2.95. The second-order valence-corrected chi connectivity index (χ2v) is 6.52. The van der Waals surface area contributed by atoms with E-state index in [-0.39, 0.29) is 11.3 Å². The Bertz CT molecular complexity index is 635. The van der Waals surface area contributed by atoms with E-state index in [1.54, 1.807) is 0 Å². The molecule has 0 bridgehead atoms. The third kappa shape index (κ3) is 2.88. The second kappa shape index (κ2) is 6.02. The lowest BCUT2D eigenvalue weighted by molar-refractivity contribution is 0.0927. The summed E-state index contributed by atoms with van der Waals surface area (Å²) in [7, 11) is 0. The van der Waals surface area contributed by atoms with E-state index in [2.05, 4.69) is 45.5 Å². The van der Waals surface area contributed by atoms with Crippen molar-refractivity contribution in [2.75, 3.05) is 6.54 Å². The first-order valence-corrected chi connectivity index (χ1v) is 8.09. The van der Waals surface area contributed by atoms with Crippen molar-refractivity contribution in [3.8, 4) is 0 Å². The van der Waals surface area contributed by atoms with Gasteiger partial charge in [0, 0.05) is 16.4 Å². The smallest absolute Gasteiger partial charge is 0.252 e. The third-order valence-electron chi connectivity index (χ3n) is 4.40. The maximum atomic E-state index is 12.3. The minimum atomic E-state index is -0.00955. The SMILES string of the molecule is O=C(NCC1(c2ccccc2)CCC1)c1ccccc1Br. The zero-order chi connectivity index (χ0) is 14.7.